The number of ether oxygens (including phenoxy) is 1. The Kier molecular flexibility index (Phi) is 2.26. The van der Waals surface area contributed by atoms with Gasteiger partial charge in [0.15, 0.2) is 11.5 Å². The van der Waals surface area contributed by atoms with Crippen LogP contribution in [0, 0.1) is 5.92 Å². The molecule has 1 saturated heterocycles. The first-order valence-electron chi connectivity index (χ1n) is 7.83. The maximum Gasteiger partial charge on any atom is 0.165 e. The van der Waals surface area contributed by atoms with Crippen molar-refractivity contribution in [1.82, 2.24) is 4.90 Å². The Morgan fingerprint density at radius 2 is 2.09 bits per heavy atom. The van der Waals surface area contributed by atoms with E-state index in [1.54, 1.807) is 18.2 Å². The van der Waals surface area contributed by atoms with Gasteiger partial charge in [0.05, 0.1) is 6.10 Å². The van der Waals surface area contributed by atoms with Crippen LogP contribution in [0.4, 0.5) is 0 Å². The lowest BCUT2D eigenvalue weighted by molar-refractivity contribution is -0.0823. The molecule has 1 aromatic rings. The molecule has 5 nitrogen and oxygen atoms in total. The van der Waals surface area contributed by atoms with Crippen molar-refractivity contribution in [1.29, 1.82) is 0 Å². The van der Waals surface area contributed by atoms with E-state index < -0.39 is 12.2 Å². The number of aromatic hydroxyl groups is 1. The van der Waals surface area contributed by atoms with Crippen molar-refractivity contribution in [3.8, 4) is 11.5 Å². The highest BCUT2D eigenvalue weighted by Gasteiger charge is 2.66. The highest BCUT2D eigenvalue weighted by molar-refractivity contribution is 5.62. The third-order valence-corrected chi connectivity index (χ3v) is 6.20. The first kappa shape index (κ1) is 12.9. The molecule has 2 bridgehead atoms. The lowest BCUT2D eigenvalue weighted by Gasteiger charge is -2.57. The number of likely N-dealkylation sites (N-methyl/N-ethyl adjacent to an activating group) is 1. The van der Waals surface area contributed by atoms with E-state index in [4.69, 9.17) is 4.74 Å². The predicted molar refractivity (Wildman–Crippen MR) is 78.8 cm³/mol. The molecular weight excluding hydrogens is 282 g/mol. The third kappa shape index (κ3) is 1.20. The van der Waals surface area contributed by atoms with Gasteiger partial charge in [0.2, 0.25) is 0 Å². The summed E-state index contributed by atoms with van der Waals surface area (Å²) in [6, 6.07) is 3.37. The molecule has 0 saturated carbocycles. The number of hydrogen-bond donors (Lipinski definition) is 3. The Morgan fingerprint density at radius 1 is 1.27 bits per heavy atom. The van der Waals surface area contributed by atoms with Crippen LogP contribution < -0.4 is 4.74 Å². The molecule has 4 aliphatic rings. The van der Waals surface area contributed by atoms with Crippen LogP contribution in [-0.4, -0.2) is 52.1 Å². The average molecular weight is 301 g/mol. The first-order chi connectivity index (χ1) is 10.6. The van der Waals surface area contributed by atoms with E-state index in [1.165, 1.54) is 0 Å². The standard InChI is InChI=1S/C17H19NO4/c1-18-7-6-17-9-3-5-11(20)16(17)22-15-10(19)4-2-8(12(15)17)14(21)13(9)18/h2-5,9,11,13-14,16,19-21H,6-7H2,1H3/t9-,11-,13-,14?,16-,17-/m0/s1. The van der Waals surface area contributed by atoms with Gasteiger partial charge in [-0.25, -0.2) is 0 Å². The van der Waals surface area contributed by atoms with Gasteiger partial charge in [0, 0.05) is 22.9 Å². The van der Waals surface area contributed by atoms with Gasteiger partial charge in [-0.2, -0.15) is 0 Å². The van der Waals surface area contributed by atoms with Gasteiger partial charge < -0.3 is 20.1 Å². The molecule has 5 rings (SSSR count). The molecule has 1 fully saturated rings. The largest absolute Gasteiger partial charge is 0.504 e. The van der Waals surface area contributed by atoms with E-state index in [1.807, 2.05) is 13.1 Å². The normalized spacial score (nSPS) is 44.6. The summed E-state index contributed by atoms with van der Waals surface area (Å²) in [5.74, 6) is 0.639. The number of piperidine rings is 1. The predicted octanol–water partition coefficient (Wildman–Crippen LogP) is 0.689. The van der Waals surface area contributed by atoms with E-state index in [2.05, 4.69) is 4.90 Å². The average Bonchev–Trinajstić information content (AvgIpc) is 2.85. The summed E-state index contributed by atoms with van der Waals surface area (Å²) in [7, 11) is 2.04. The molecule has 116 valence electrons. The number of phenols is 1. The smallest absolute Gasteiger partial charge is 0.165 e. The van der Waals surface area contributed by atoms with Gasteiger partial charge in [-0.3, -0.25) is 4.90 Å². The maximum atomic E-state index is 10.9. The number of nitrogens with zero attached hydrogens (tertiary/aromatic N) is 1. The Morgan fingerprint density at radius 3 is 2.91 bits per heavy atom. The number of rotatable bonds is 0. The van der Waals surface area contributed by atoms with Crippen LogP contribution in [0.15, 0.2) is 24.3 Å². The zero-order valence-corrected chi connectivity index (χ0v) is 12.3. The molecule has 1 unspecified atom stereocenters. The molecule has 1 spiro atoms. The first-order valence-corrected chi connectivity index (χ1v) is 7.83. The number of likely N-dealkylation sites (tertiary alicyclic amines) is 1. The minimum absolute atomic E-state index is 0.0217. The summed E-state index contributed by atoms with van der Waals surface area (Å²) in [5, 5.41) is 31.6. The van der Waals surface area contributed by atoms with Gasteiger partial charge >= 0.3 is 0 Å². The molecular formula is C17H19NO4. The minimum Gasteiger partial charge on any atom is -0.504 e. The lowest BCUT2D eigenvalue weighted by atomic mass is 9.52. The second kappa shape index (κ2) is 3.85. The molecule has 0 amide bonds. The Balaban J connectivity index is 1.87. The zero-order valence-electron chi connectivity index (χ0n) is 12.3. The van der Waals surface area contributed by atoms with Crippen molar-refractivity contribution in [2.24, 2.45) is 5.92 Å². The highest BCUT2D eigenvalue weighted by Crippen LogP contribution is 2.64. The third-order valence-electron chi connectivity index (χ3n) is 6.20. The SMILES string of the molecule is CN1CC[C@]23c4c5ccc(O)c4O[C@H]2[C@@H](O)C=C[C@H]3[C@H]1C5O. The number of phenolic OH excluding ortho intramolecular Hbond substituents is 1. The molecule has 6 atom stereocenters. The van der Waals surface area contributed by atoms with Crippen molar-refractivity contribution in [2.45, 2.75) is 36.2 Å². The summed E-state index contributed by atoms with van der Waals surface area (Å²) < 4.78 is 6.02. The van der Waals surface area contributed by atoms with Crippen LogP contribution >= 0.6 is 0 Å². The van der Waals surface area contributed by atoms with Gasteiger partial charge in [0.1, 0.15) is 12.2 Å². The molecule has 5 heteroatoms. The van der Waals surface area contributed by atoms with E-state index in [9.17, 15) is 15.3 Å². The summed E-state index contributed by atoms with van der Waals surface area (Å²) in [5.41, 5.74) is 1.42. The fourth-order valence-corrected chi connectivity index (χ4v) is 5.30. The fourth-order valence-electron chi connectivity index (χ4n) is 5.30. The molecule has 0 aromatic heterocycles. The zero-order chi connectivity index (χ0) is 15.2. The lowest BCUT2D eigenvalue weighted by Crippen LogP contribution is -2.65. The van der Waals surface area contributed by atoms with Crippen LogP contribution in [-0.2, 0) is 5.41 Å². The molecule has 22 heavy (non-hydrogen) atoms. The Labute approximate surface area is 128 Å². The van der Waals surface area contributed by atoms with Crippen LogP contribution in [0.5, 0.6) is 11.5 Å². The summed E-state index contributed by atoms with van der Waals surface area (Å²) in [6.07, 6.45) is 2.99. The van der Waals surface area contributed by atoms with Crippen molar-refractivity contribution in [3.63, 3.8) is 0 Å². The number of aliphatic hydroxyl groups excluding tert-OH is 2. The molecule has 1 aromatic carbocycles. The molecule has 2 aliphatic heterocycles. The fraction of sp³-hybridized carbons (Fsp3) is 0.529. The van der Waals surface area contributed by atoms with Crippen LogP contribution in [0.1, 0.15) is 23.7 Å². The quantitative estimate of drug-likeness (QED) is 0.615. The summed E-state index contributed by atoms with van der Waals surface area (Å²) in [6.45, 7) is 0.840. The molecule has 3 N–H and O–H groups in total. The Bertz CT molecular complexity index is 702. The maximum absolute atomic E-state index is 10.9. The van der Waals surface area contributed by atoms with Crippen molar-refractivity contribution >= 4 is 0 Å². The van der Waals surface area contributed by atoms with E-state index in [0.717, 1.165) is 24.1 Å². The van der Waals surface area contributed by atoms with Crippen molar-refractivity contribution in [3.05, 3.63) is 35.4 Å². The highest BCUT2D eigenvalue weighted by atomic mass is 16.5. The molecule has 2 aliphatic carbocycles. The van der Waals surface area contributed by atoms with Crippen molar-refractivity contribution in [2.75, 3.05) is 13.6 Å². The summed E-state index contributed by atoms with van der Waals surface area (Å²) >= 11 is 0. The van der Waals surface area contributed by atoms with Crippen molar-refractivity contribution < 1.29 is 20.1 Å². The van der Waals surface area contributed by atoms with E-state index in [0.29, 0.717) is 5.75 Å². The van der Waals surface area contributed by atoms with Gasteiger partial charge in [-0.05, 0) is 31.6 Å². The monoisotopic (exact) mass is 301 g/mol. The topological polar surface area (TPSA) is 73.2 Å². The summed E-state index contributed by atoms with van der Waals surface area (Å²) in [4.78, 5) is 2.20. The number of aliphatic hydroxyl groups is 2. The number of hydrogen-bond acceptors (Lipinski definition) is 5. The number of benzene rings is 1. The van der Waals surface area contributed by atoms with E-state index in [-0.39, 0.29) is 29.2 Å². The minimum atomic E-state index is -0.685. The van der Waals surface area contributed by atoms with Crippen LogP contribution in [0.2, 0.25) is 0 Å². The van der Waals surface area contributed by atoms with Gasteiger partial charge in [0.25, 0.3) is 0 Å². The Hall–Kier alpha value is -1.56. The van der Waals surface area contributed by atoms with E-state index >= 15 is 0 Å². The molecule has 0 radical (unpaired) electrons. The van der Waals surface area contributed by atoms with Gasteiger partial charge in [-0.15, -0.1) is 0 Å². The van der Waals surface area contributed by atoms with Crippen LogP contribution in [0.3, 0.4) is 0 Å². The second-order valence-corrected chi connectivity index (χ2v) is 7.02. The van der Waals surface area contributed by atoms with Gasteiger partial charge in [-0.1, -0.05) is 18.2 Å². The van der Waals surface area contributed by atoms with Crippen LogP contribution in [0.25, 0.3) is 0 Å². The molecule has 2 heterocycles. The second-order valence-electron chi connectivity index (χ2n) is 7.02.